The number of benzene rings is 2. The molecule has 0 bridgehead atoms. The first-order chi connectivity index (χ1) is 14.2. The quantitative estimate of drug-likeness (QED) is 0.622. The lowest BCUT2D eigenvalue weighted by atomic mass is 10.1. The molecule has 0 radical (unpaired) electrons. The summed E-state index contributed by atoms with van der Waals surface area (Å²) in [6.07, 6.45) is 1.07. The normalized spacial score (nSPS) is 11.8. The number of fused-ring (bicyclic) bond motifs is 1. The van der Waals surface area contributed by atoms with Crippen LogP contribution in [0, 0.1) is 11.6 Å². The highest BCUT2D eigenvalue weighted by atomic mass is 32.2. The molecule has 2 N–H and O–H groups in total. The molecule has 158 valence electrons. The number of halogens is 2. The number of pyridine rings is 1. The maximum Gasteiger partial charge on any atom is 0.261 e. The average molecular weight is 435 g/mol. The molecule has 0 saturated carbocycles. The van der Waals surface area contributed by atoms with E-state index in [1.165, 1.54) is 28.6 Å². The molecule has 0 aliphatic carbocycles. The molecule has 10 heteroatoms. The molecule has 2 aromatic carbocycles. The van der Waals surface area contributed by atoms with Crippen LogP contribution in [0.25, 0.3) is 10.9 Å². The van der Waals surface area contributed by atoms with Gasteiger partial charge in [0.1, 0.15) is 17.2 Å². The molecule has 0 spiro atoms. The van der Waals surface area contributed by atoms with Crippen molar-refractivity contribution in [3.8, 4) is 0 Å². The molecule has 0 fully saturated rings. The number of amides is 1. The fourth-order valence-corrected chi connectivity index (χ4v) is 4.52. The summed E-state index contributed by atoms with van der Waals surface area (Å²) in [5.74, 6) is -2.75. The van der Waals surface area contributed by atoms with E-state index < -0.39 is 38.4 Å². The van der Waals surface area contributed by atoms with Gasteiger partial charge in [-0.15, -0.1) is 0 Å². The predicted octanol–water partition coefficient (Wildman–Crippen LogP) is 3.09. The Morgan fingerprint density at radius 1 is 1.10 bits per heavy atom. The van der Waals surface area contributed by atoms with E-state index in [0.717, 1.165) is 12.3 Å². The summed E-state index contributed by atoms with van der Waals surface area (Å²) in [5.41, 5.74) is -1.08. The Labute approximate surface area is 171 Å². The molecule has 7 nitrogen and oxygen atoms in total. The Balaban J connectivity index is 1.88. The maximum atomic E-state index is 14.0. The summed E-state index contributed by atoms with van der Waals surface area (Å²) in [6.45, 7) is 4.10. The second-order valence-corrected chi connectivity index (χ2v) is 8.35. The first-order valence-electron chi connectivity index (χ1n) is 9.11. The number of aromatic amines is 1. The van der Waals surface area contributed by atoms with Gasteiger partial charge in [-0.2, -0.15) is 4.31 Å². The predicted molar refractivity (Wildman–Crippen MR) is 109 cm³/mol. The van der Waals surface area contributed by atoms with Gasteiger partial charge >= 0.3 is 0 Å². The lowest BCUT2D eigenvalue weighted by molar-refractivity contribution is 0.102. The molecule has 30 heavy (non-hydrogen) atoms. The minimum absolute atomic E-state index is 0.0665. The largest absolute Gasteiger partial charge is 0.360 e. The highest BCUT2D eigenvalue weighted by Crippen LogP contribution is 2.19. The second-order valence-electron chi connectivity index (χ2n) is 6.41. The van der Waals surface area contributed by atoms with Gasteiger partial charge in [-0.1, -0.05) is 13.8 Å². The number of hydrogen-bond donors (Lipinski definition) is 2. The summed E-state index contributed by atoms with van der Waals surface area (Å²) in [7, 11) is -3.64. The van der Waals surface area contributed by atoms with Crippen LogP contribution in [0.15, 0.2) is 52.3 Å². The van der Waals surface area contributed by atoms with Crippen LogP contribution >= 0.6 is 0 Å². The molecule has 0 aliphatic heterocycles. The SMILES string of the molecule is CCN(CC)S(=O)(=O)c1ccc(NC(=O)c2c[nH]c3cc(F)cc(F)c3c2=O)cc1. The molecule has 0 unspecified atom stereocenters. The van der Waals surface area contributed by atoms with E-state index in [1.54, 1.807) is 13.8 Å². The Kier molecular flexibility index (Phi) is 5.99. The van der Waals surface area contributed by atoms with Crippen LogP contribution in [0.4, 0.5) is 14.5 Å². The monoisotopic (exact) mass is 435 g/mol. The third-order valence-electron chi connectivity index (χ3n) is 4.60. The first-order valence-corrected chi connectivity index (χ1v) is 10.5. The summed E-state index contributed by atoms with van der Waals surface area (Å²) >= 11 is 0. The van der Waals surface area contributed by atoms with Gasteiger partial charge in [0.25, 0.3) is 5.91 Å². The van der Waals surface area contributed by atoms with Crippen LogP contribution in [0.3, 0.4) is 0 Å². The van der Waals surface area contributed by atoms with Gasteiger partial charge in [0, 0.05) is 31.0 Å². The standard InChI is InChI=1S/C20H19F2N3O4S/c1-3-25(4-2)30(28,29)14-7-5-13(6-8-14)24-20(27)15-11-23-17-10-12(21)9-16(22)18(17)19(15)26/h5-11H,3-4H2,1-2H3,(H,23,26)(H,24,27). The third kappa shape index (κ3) is 3.96. The number of carbonyl (C=O) groups is 1. The number of nitrogens with zero attached hydrogens (tertiary/aromatic N) is 1. The van der Waals surface area contributed by atoms with Crippen molar-refractivity contribution in [2.24, 2.45) is 0 Å². The summed E-state index contributed by atoms with van der Waals surface area (Å²) < 4.78 is 53.6. The van der Waals surface area contributed by atoms with Crippen LogP contribution in [0.2, 0.25) is 0 Å². The van der Waals surface area contributed by atoms with Gasteiger partial charge in [-0.25, -0.2) is 17.2 Å². The molecule has 1 heterocycles. The Bertz CT molecular complexity index is 1270. The first kappa shape index (κ1) is 21.6. The van der Waals surface area contributed by atoms with Crippen LogP contribution in [-0.2, 0) is 10.0 Å². The van der Waals surface area contributed by atoms with Gasteiger partial charge in [-0.05, 0) is 30.3 Å². The van der Waals surface area contributed by atoms with Crippen LogP contribution < -0.4 is 10.7 Å². The summed E-state index contributed by atoms with van der Waals surface area (Å²) in [6, 6.07) is 6.98. The second kappa shape index (κ2) is 8.33. The van der Waals surface area contributed by atoms with Gasteiger partial charge in [0.2, 0.25) is 15.5 Å². The molecular weight excluding hydrogens is 416 g/mol. The number of aromatic nitrogens is 1. The molecule has 0 aliphatic rings. The average Bonchev–Trinajstić information content (AvgIpc) is 2.68. The Morgan fingerprint density at radius 3 is 2.33 bits per heavy atom. The highest BCUT2D eigenvalue weighted by Gasteiger charge is 2.22. The number of nitrogens with one attached hydrogen (secondary N) is 2. The zero-order valence-corrected chi connectivity index (χ0v) is 17.0. The van der Waals surface area contributed by atoms with Crippen molar-refractivity contribution in [3.05, 3.63) is 70.0 Å². The number of sulfonamides is 1. The van der Waals surface area contributed by atoms with E-state index in [-0.39, 0.29) is 21.7 Å². The molecule has 1 amide bonds. The van der Waals surface area contributed by atoms with Crippen molar-refractivity contribution in [2.45, 2.75) is 18.7 Å². The minimum atomic E-state index is -3.64. The number of hydrogen-bond acceptors (Lipinski definition) is 4. The van der Waals surface area contributed by atoms with Crippen LogP contribution in [0.5, 0.6) is 0 Å². The van der Waals surface area contributed by atoms with E-state index >= 15 is 0 Å². The topological polar surface area (TPSA) is 99.3 Å². The van der Waals surface area contributed by atoms with Crippen molar-refractivity contribution >= 4 is 32.5 Å². The van der Waals surface area contributed by atoms with Crippen LogP contribution in [0.1, 0.15) is 24.2 Å². The van der Waals surface area contributed by atoms with E-state index in [9.17, 15) is 26.8 Å². The highest BCUT2D eigenvalue weighted by molar-refractivity contribution is 7.89. The van der Waals surface area contributed by atoms with E-state index in [4.69, 9.17) is 0 Å². The number of rotatable bonds is 6. The molecule has 0 atom stereocenters. The smallest absolute Gasteiger partial charge is 0.261 e. The Hall–Kier alpha value is -3.11. The lowest BCUT2D eigenvalue weighted by Crippen LogP contribution is -2.30. The molecule has 3 aromatic rings. The van der Waals surface area contributed by atoms with E-state index in [1.807, 2.05) is 0 Å². The van der Waals surface area contributed by atoms with Gasteiger partial charge < -0.3 is 10.3 Å². The van der Waals surface area contributed by atoms with Crippen molar-refractivity contribution in [3.63, 3.8) is 0 Å². The molecule has 1 aromatic heterocycles. The van der Waals surface area contributed by atoms with Crippen molar-refractivity contribution in [2.75, 3.05) is 18.4 Å². The fourth-order valence-electron chi connectivity index (χ4n) is 3.06. The molecule has 0 saturated heterocycles. The van der Waals surface area contributed by atoms with Crippen LogP contribution in [-0.4, -0.2) is 36.7 Å². The fraction of sp³-hybridized carbons (Fsp3) is 0.200. The number of carbonyl (C=O) groups excluding carboxylic acids is 1. The van der Waals surface area contributed by atoms with Crippen molar-refractivity contribution in [1.82, 2.24) is 9.29 Å². The third-order valence-corrected chi connectivity index (χ3v) is 6.66. The maximum absolute atomic E-state index is 14.0. The van der Waals surface area contributed by atoms with Gasteiger partial charge in [0.15, 0.2) is 0 Å². The van der Waals surface area contributed by atoms with E-state index in [0.29, 0.717) is 19.2 Å². The summed E-state index contributed by atoms with van der Waals surface area (Å²) in [5, 5.41) is 2.04. The Morgan fingerprint density at radius 2 is 1.73 bits per heavy atom. The number of anilines is 1. The zero-order valence-electron chi connectivity index (χ0n) is 16.2. The van der Waals surface area contributed by atoms with Gasteiger partial charge in [0.05, 0.1) is 15.8 Å². The zero-order chi connectivity index (χ0) is 22.1. The summed E-state index contributed by atoms with van der Waals surface area (Å²) in [4.78, 5) is 27.6. The minimum Gasteiger partial charge on any atom is -0.360 e. The van der Waals surface area contributed by atoms with Gasteiger partial charge in [-0.3, -0.25) is 9.59 Å². The lowest BCUT2D eigenvalue weighted by Gasteiger charge is -2.18. The van der Waals surface area contributed by atoms with Crippen molar-refractivity contribution in [1.29, 1.82) is 0 Å². The molecular formula is C20H19F2N3O4S. The van der Waals surface area contributed by atoms with Crippen molar-refractivity contribution < 1.29 is 22.0 Å². The molecule has 3 rings (SSSR count). The van der Waals surface area contributed by atoms with E-state index in [2.05, 4.69) is 10.3 Å². The number of H-pyrrole nitrogens is 1.